The molecule has 2 aromatic heterocycles. The first kappa shape index (κ1) is 18.9. The van der Waals surface area contributed by atoms with Crippen LogP contribution in [0, 0.1) is 0 Å². The minimum absolute atomic E-state index is 0.0317. The third-order valence-corrected chi connectivity index (χ3v) is 4.57. The Morgan fingerprint density at radius 3 is 2.55 bits per heavy atom. The lowest BCUT2D eigenvalue weighted by atomic mass is 10.2. The first-order valence-corrected chi connectivity index (χ1v) is 9.33. The standard InChI is InChI=1S/C19H14F2N6OS/c1-28-14-8-6-12(7-9-14)17-25-26-19(29-18(20)21)27(17)23-11-13-10-22-15-4-2-3-5-16(15)24-13/h2-11,18H,1H3/b23-11-. The minimum Gasteiger partial charge on any atom is -0.497 e. The molecule has 0 aliphatic heterocycles. The van der Waals surface area contributed by atoms with Crippen molar-refractivity contribution in [1.82, 2.24) is 24.8 Å². The molecule has 0 spiro atoms. The topological polar surface area (TPSA) is 78.1 Å². The van der Waals surface area contributed by atoms with Crippen LogP contribution < -0.4 is 4.74 Å². The van der Waals surface area contributed by atoms with E-state index >= 15 is 0 Å². The van der Waals surface area contributed by atoms with Crippen LogP contribution in [-0.4, -0.2) is 43.9 Å². The fourth-order valence-corrected chi connectivity index (χ4v) is 3.07. The van der Waals surface area contributed by atoms with Crippen LogP contribution in [0.2, 0.25) is 0 Å². The van der Waals surface area contributed by atoms with Crippen molar-refractivity contribution in [3.05, 3.63) is 60.4 Å². The molecule has 0 saturated heterocycles. The van der Waals surface area contributed by atoms with Crippen LogP contribution in [0.1, 0.15) is 5.69 Å². The highest BCUT2D eigenvalue weighted by Gasteiger charge is 2.18. The van der Waals surface area contributed by atoms with Gasteiger partial charge in [-0.2, -0.15) is 18.6 Å². The third-order valence-electron chi connectivity index (χ3n) is 3.93. The maximum atomic E-state index is 12.9. The summed E-state index contributed by atoms with van der Waals surface area (Å²) in [6.07, 6.45) is 2.99. The highest BCUT2D eigenvalue weighted by atomic mass is 32.2. The van der Waals surface area contributed by atoms with Crippen molar-refractivity contribution in [3.8, 4) is 17.1 Å². The second-order valence-electron chi connectivity index (χ2n) is 5.75. The zero-order chi connectivity index (χ0) is 20.2. The molecule has 29 heavy (non-hydrogen) atoms. The summed E-state index contributed by atoms with van der Waals surface area (Å²) in [6, 6.07) is 14.4. The predicted octanol–water partition coefficient (Wildman–Crippen LogP) is 4.09. The van der Waals surface area contributed by atoms with E-state index in [1.54, 1.807) is 37.6 Å². The summed E-state index contributed by atoms with van der Waals surface area (Å²) in [6.45, 7) is 0. The number of ether oxygens (including phenoxy) is 1. The Morgan fingerprint density at radius 2 is 1.83 bits per heavy atom. The van der Waals surface area contributed by atoms with E-state index < -0.39 is 5.76 Å². The van der Waals surface area contributed by atoms with Crippen LogP contribution in [-0.2, 0) is 0 Å². The number of aromatic nitrogens is 5. The second kappa shape index (κ2) is 8.31. The minimum atomic E-state index is -2.66. The Kier molecular flexibility index (Phi) is 5.43. The number of alkyl halides is 2. The molecular formula is C19H14F2N6OS. The Morgan fingerprint density at radius 1 is 1.07 bits per heavy atom. The molecule has 0 amide bonds. The van der Waals surface area contributed by atoms with Gasteiger partial charge in [-0.25, -0.2) is 4.98 Å². The second-order valence-corrected chi connectivity index (χ2v) is 6.71. The number of hydrogen-bond donors (Lipinski definition) is 0. The third kappa shape index (κ3) is 4.21. The summed E-state index contributed by atoms with van der Waals surface area (Å²) in [7, 11) is 1.56. The molecule has 0 N–H and O–H groups in total. The van der Waals surface area contributed by atoms with Crippen LogP contribution in [0.5, 0.6) is 5.75 Å². The summed E-state index contributed by atoms with van der Waals surface area (Å²) in [5.41, 5.74) is 2.59. The van der Waals surface area contributed by atoms with E-state index in [1.165, 1.54) is 10.9 Å². The molecule has 2 heterocycles. The van der Waals surface area contributed by atoms with E-state index in [-0.39, 0.29) is 16.9 Å². The molecular weight excluding hydrogens is 398 g/mol. The molecule has 0 saturated carbocycles. The van der Waals surface area contributed by atoms with Crippen LogP contribution in [0.15, 0.2) is 65.0 Å². The lowest BCUT2D eigenvalue weighted by molar-refractivity contribution is 0.251. The number of thioether (sulfide) groups is 1. The normalized spacial score (nSPS) is 11.6. The molecule has 10 heteroatoms. The monoisotopic (exact) mass is 412 g/mol. The zero-order valence-electron chi connectivity index (χ0n) is 15.1. The van der Waals surface area contributed by atoms with Crippen LogP contribution in [0.3, 0.4) is 0 Å². The number of benzene rings is 2. The van der Waals surface area contributed by atoms with Gasteiger partial charge in [-0.05, 0) is 48.2 Å². The number of rotatable bonds is 6. The molecule has 0 unspecified atom stereocenters. The lowest BCUT2D eigenvalue weighted by Crippen LogP contribution is -1.99. The largest absolute Gasteiger partial charge is 0.497 e. The van der Waals surface area contributed by atoms with Gasteiger partial charge in [-0.1, -0.05) is 12.1 Å². The first-order chi connectivity index (χ1) is 14.1. The maximum Gasteiger partial charge on any atom is 0.291 e. The highest BCUT2D eigenvalue weighted by Crippen LogP contribution is 2.28. The molecule has 0 aliphatic carbocycles. The lowest BCUT2D eigenvalue weighted by Gasteiger charge is -2.05. The van der Waals surface area contributed by atoms with Gasteiger partial charge < -0.3 is 4.74 Å². The van der Waals surface area contributed by atoms with Crippen molar-refractivity contribution in [2.24, 2.45) is 5.10 Å². The summed E-state index contributed by atoms with van der Waals surface area (Å²) in [5, 5.41) is 12.1. The summed E-state index contributed by atoms with van der Waals surface area (Å²) >= 11 is 0.267. The quantitative estimate of drug-likeness (QED) is 0.351. The van der Waals surface area contributed by atoms with E-state index in [4.69, 9.17) is 4.74 Å². The Balaban J connectivity index is 1.72. The van der Waals surface area contributed by atoms with Gasteiger partial charge in [0.05, 0.1) is 30.6 Å². The van der Waals surface area contributed by atoms with Crippen LogP contribution >= 0.6 is 11.8 Å². The van der Waals surface area contributed by atoms with Crippen molar-refractivity contribution >= 4 is 29.0 Å². The van der Waals surface area contributed by atoms with Crippen molar-refractivity contribution in [2.45, 2.75) is 10.9 Å². The summed E-state index contributed by atoms with van der Waals surface area (Å²) in [5.74, 6) is -1.67. The molecule has 7 nitrogen and oxygen atoms in total. The van der Waals surface area contributed by atoms with Crippen LogP contribution in [0.4, 0.5) is 8.78 Å². The fourth-order valence-electron chi connectivity index (χ4n) is 2.59. The van der Waals surface area contributed by atoms with E-state index in [0.29, 0.717) is 28.3 Å². The van der Waals surface area contributed by atoms with Gasteiger partial charge in [0, 0.05) is 5.56 Å². The average Bonchev–Trinajstić information content (AvgIpc) is 3.13. The van der Waals surface area contributed by atoms with Gasteiger partial charge in [-0.3, -0.25) is 4.98 Å². The fraction of sp³-hybridized carbons (Fsp3) is 0.105. The summed E-state index contributed by atoms with van der Waals surface area (Å²) < 4.78 is 32.3. The molecule has 0 bridgehead atoms. The molecule has 4 rings (SSSR count). The number of para-hydroxylation sites is 2. The SMILES string of the molecule is COc1ccc(-c2nnc(SC(F)F)n2/N=C\c2cnc3ccccc3n2)cc1. The number of methoxy groups -OCH3 is 1. The van der Waals surface area contributed by atoms with Crippen LogP contribution in [0.25, 0.3) is 22.4 Å². The maximum absolute atomic E-state index is 12.9. The summed E-state index contributed by atoms with van der Waals surface area (Å²) in [4.78, 5) is 8.77. The van der Waals surface area contributed by atoms with Gasteiger partial charge in [0.25, 0.3) is 5.76 Å². The van der Waals surface area contributed by atoms with Crippen molar-refractivity contribution < 1.29 is 13.5 Å². The van der Waals surface area contributed by atoms with Gasteiger partial charge in [0.2, 0.25) is 5.16 Å². The van der Waals surface area contributed by atoms with Crippen molar-refractivity contribution in [1.29, 1.82) is 0 Å². The van der Waals surface area contributed by atoms with E-state index in [2.05, 4.69) is 25.3 Å². The zero-order valence-corrected chi connectivity index (χ0v) is 15.9. The number of fused-ring (bicyclic) bond motifs is 1. The van der Waals surface area contributed by atoms with Gasteiger partial charge in [-0.15, -0.1) is 10.2 Å². The number of halogens is 2. The molecule has 0 atom stereocenters. The molecule has 4 aromatic rings. The smallest absolute Gasteiger partial charge is 0.291 e. The van der Waals surface area contributed by atoms with Crippen molar-refractivity contribution in [2.75, 3.05) is 7.11 Å². The Labute approximate surface area is 168 Å². The molecule has 146 valence electrons. The highest BCUT2D eigenvalue weighted by molar-refractivity contribution is 7.99. The Hall–Kier alpha value is -3.40. The van der Waals surface area contributed by atoms with Gasteiger partial charge >= 0.3 is 0 Å². The molecule has 0 radical (unpaired) electrons. The first-order valence-electron chi connectivity index (χ1n) is 8.45. The van der Waals surface area contributed by atoms with E-state index in [9.17, 15) is 8.78 Å². The van der Waals surface area contributed by atoms with Gasteiger partial charge in [0.1, 0.15) is 11.4 Å². The van der Waals surface area contributed by atoms with E-state index in [0.717, 1.165) is 5.52 Å². The molecule has 0 aliphatic rings. The number of nitrogens with zero attached hydrogens (tertiary/aromatic N) is 6. The average molecular weight is 412 g/mol. The van der Waals surface area contributed by atoms with Crippen molar-refractivity contribution in [3.63, 3.8) is 0 Å². The predicted molar refractivity (Wildman–Crippen MR) is 106 cm³/mol. The van der Waals surface area contributed by atoms with E-state index in [1.807, 2.05) is 24.3 Å². The van der Waals surface area contributed by atoms with Gasteiger partial charge in [0.15, 0.2) is 5.82 Å². The Bertz CT molecular complexity index is 1160. The molecule has 2 aromatic carbocycles. The number of hydrogen-bond acceptors (Lipinski definition) is 7. The molecule has 0 fully saturated rings.